The zero-order valence-corrected chi connectivity index (χ0v) is 8.73. The summed E-state index contributed by atoms with van der Waals surface area (Å²) in [5, 5.41) is 17.9. The number of hydrogen-bond acceptors (Lipinski definition) is 4. The highest BCUT2D eigenvalue weighted by molar-refractivity contribution is 5.76. The summed E-state index contributed by atoms with van der Waals surface area (Å²) in [6.45, 7) is 0. The van der Waals surface area contributed by atoms with Crippen LogP contribution in [0.5, 0.6) is 0 Å². The first-order valence-corrected chi connectivity index (χ1v) is 4.77. The van der Waals surface area contributed by atoms with Gasteiger partial charge in [-0.2, -0.15) is 13.2 Å². The van der Waals surface area contributed by atoms with E-state index in [0.29, 0.717) is 6.26 Å². The molecule has 0 saturated heterocycles. The van der Waals surface area contributed by atoms with Gasteiger partial charge in [0.15, 0.2) is 0 Å². The van der Waals surface area contributed by atoms with Crippen molar-refractivity contribution in [3.05, 3.63) is 46.3 Å². The molecule has 0 radical (unpaired) electrons. The first kappa shape index (κ1) is 12.6. The zero-order chi connectivity index (χ0) is 13.6. The second-order valence-electron chi connectivity index (χ2n) is 3.64. The summed E-state index contributed by atoms with van der Waals surface area (Å²) in [7, 11) is 0. The third kappa shape index (κ3) is 1.77. The van der Waals surface area contributed by atoms with E-state index in [1.54, 1.807) is 0 Å². The van der Waals surface area contributed by atoms with E-state index in [2.05, 4.69) is 0 Å². The van der Waals surface area contributed by atoms with Gasteiger partial charge in [0.25, 0.3) is 5.79 Å². The van der Waals surface area contributed by atoms with E-state index >= 15 is 0 Å². The van der Waals surface area contributed by atoms with Crippen LogP contribution in [0.1, 0.15) is 5.56 Å². The van der Waals surface area contributed by atoms with Gasteiger partial charge in [-0.1, -0.05) is 12.1 Å². The molecule has 0 amide bonds. The Kier molecular flexibility index (Phi) is 2.67. The van der Waals surface area contributed by atoms with Crippen molar-refractivity contribution in [2.75, 3.05) is 0 Å². The van der Waals surface area contributed by atoms with Crippen molar-refractivity contribution in [2.45, 2.75) is 12.0 Å². The Hall–Kier alpha value is -1.86. The minimum Gasteiger partial charge on any atom is -0.464 e. The summed E-state index contributed by atoms with van der Waals surface area (Å²) in [5.41, 5.74) is -2.35. The van der Waals surface area contributed by atoms with Gasteiger partial charge < -0.3 is 14.6 Å². The molecule has 1 aromatic carbocycles. The molecule has 2 N–H and O–H groups in total. The van der Waals surface area contributed by atoms with Crippen LogP contribution in [0.15, 0.2) is 39.7 Å². The summed E-state index contributed by atoms with van der Waals surface area (Å²) in [5.74, 6) is -4.24. The summed E-state index contributed by atoms with van der Waals surface area (Å²) in [4.78, 5) is 11.7. The fourth-order valence-corrected chi connectivity index (χ4v) is 1.47. The van der Waals surface area contributed by atoms with E-state index in [1.807, 2.05) is 0 Å². The number of fused-ring (bicyclic) bond motifs is 1. The molecule has 0 unspecified atom stereocenters. The Morgan fingerprint density at radius 1 is 1.11 bits per heavy atom. The highest BCUT2D eigenvalue weighted by Gasteiger charge is 2.56. The highest BCUT2D eigenvalue weighted by atomic mass is 19.4. The smallest absolute Gasteiger partial charge is 0.448 e. The number of aliphatic hydroxyl groups is 2. The number of benzene rings is 1. The molecular weight excluding hydrogens is 253 g/mol. The quantitative estimate of drug-likeness (QED) is 0.762. The van der Waals surface area contributed by atoms with Crippen molar-refractivity contribution in [2.24, 2.45) is 0 Å². The normalized spacial score (nSPS) is 12.9. The van der Waals surface area contributed by atoms with E-state index in [1.165, 1.54) is 24.3 Å². The topological polar surface area (TPSA) is 70.7 Å². The Balaban J connectivity index is 2.75. The van der Waals surface area contributed by atoms with Crippen LogP contribution in [-0.2, 0) is 5.79 Å². The van der Waals surface area contributed by atoms with Gasteiger partial charge in [-0.05, 0) is 12.1 Å². The lowest BCUT2D eigenvalue weighted by Crippen LogP contribution is -2.45. The molecule has 96 valence electrons. The number of halogens is 3. The Bertz CT molecular complexity index is 643. The molecule has 0 aliphatic heterocycles. The average molecular weight is 260 g/mol. The van der Waals surface area contributed by atoms with Gasteiger partial charge in [0, 0.05) is 0 Å². The predicted molar refractivity (Wildman–Crippen MR) is 54.7 cm³/mol. The molecule has 2 rings (SSSR count). The molecule has 0 saturated carbocycles. The molecule has 0 atom stereocenters. The van der Waals surface area contributed by atoms with Crippen molar-refractivity contribution in [1.82, 2.24) is 0 Å². The Morgan fingerprint density at radius 2 is 1.72 bits per heavy atom. The van der Waals surface area contributed by atoms with E-state index in [0.717, 1.165) is 0 Å². The molecule has 0 fully saturated rings. The van der Waals surface area contributed by atoms with Crippen LogP contribution in [0, 0.1) is 0 Å². The van der Waals surface area contributed by atoms with E-state index < -0.39 is 23.0 Å². The molecule has 1 aromatic heterocycles. The third-order valence-electron chi connectivity index (χ3n) is 2.45. The first-order valence-electron chi connectivity index (χ1n) is 4.77. The predicted octanol–water partition coefficient (Wildman–Crippen LogP) is 1.49. The van der Waals surface area contributed by atoms with Crippen LogP contribution < -0.4 is 5.43 Å². The van der Waals surface area contributed by atoms with Crippen LogP contribution in [0.25, 0.3) is 11.0 Å². The summed E-state index contributed by atoms with van der Waals surface area (Å²) >= 11 is 0. The second-order valence-corrected chi connectivity index (χ2v) is 3.64. The molecule has 0 aliphatic rings. The standard InChI is InChI=1S/C11H7F3O4/c12-11(13,14)10(16,17)7-5-18-8-4-2-1-3-6(8)9(7)15/h1-5,16-17H. The third-order valence-corrected chi connectivity index (χ3v) is 2.45. The molecule has 0 bridgehead atoms. The Labute approximate surface area is 97.9 Å². The van der Waals surface area contributed by atoms with E-state index in [-0.39, 0.29) is 11.0 Å². The monoisotopic (exact) mass is 260 g/mol. The summed E-state index contributed by atoms with van der Waals surface area (Å²) < 4.78 is 42.0. The molecule has 0 aliphatic carbocycles. The lowest BCUT2D eigenvalue weighted by Gasteiger charge is -2.23. The SMILES string of the molecule is O=c1c(C(O)(O)C(F)(F)F)coc2ccccc12. The molecule has 1 heterocycles. The van der Waals surface area contributed by atoms with Gasteiger partial charge in [-0.25, -0.2) is 0 Å². The second kappa shape index (κ2) is 3.82. The van der Waals surface area contributed by atoms with Crippen molar-refractivity contribution >= 4 is 11.0 Å². The minimum absolute atomic E-state index is 0.0595. The van der Waals surface area contributed by atoms with Crippen LogP contribution in [0.3, 0.4) is 0 Å². The largest absolute Gasteiger partial charge is 0.464 e. The van der Waals surface area contributed by atoms with Crippen molar-refractivity contribution in [1.29, 1.82) is 0 Å². The highest BCUT2D eigenvalue weighted by Crippen LogP contribution is 2.35. The van der Waals surface area contributed by atoms with Crippen LogP contribution >= 0.6 is 0 Å². The van der Waals surface area contributed by atoms with Crippen molar-refractivity contribution in [3.63, 3.8) is 0 Å². The van der Waals surface area contributed by atoms with Gasteiger partial charge in [0.1, 0.15) is 17.4 Å². The van der Waals surface area contributed by atoms with Gasteiger partial charge in [-0.15, -0.1) is 0 Å². The van der Waals surface area contributed by atoms with Gasteiger partial charge >= 0.3 is 6.18 Å². The summed E-state index contributed by atoms with van der Waals surface area (Å²) in [6.07, 6.45) is -5.00. The first-order chi connectivity index (χ1) is 8.25. The van der Waals surface area contributed by atoms with Crippen LogP contribution in [-0.4, -0.2) is 16.4 Å². The van der Waals surface area contributed by atoms with Crippen molar-refractivity contribution in [3.8, 4) is 0 Å². The molecule has 4 nitrogen and oxygen atoms in total. The lowest BCUT2D eigenvalue weighted by atomic mass is 10.1. The van der Waals surface area contributed by atoms with Gasteiger partial charge in [0.2, 0.25) is 5.43 Å². The number of rotatable bonds is 1. The molecule has 0 spiro atoms. The average Bonchev–Trinajstić information content (AvgIpc) is 2.28. The number of hydrogen-bond donors (Lipinski definition) is 2. The lowest BCUT2D eigenvalue weighted by molar-refractivity contribution is -0.359. The Morgan fingerprint density at radius 3 is 2.33 bits per heavy atom. The fourth-order valence-electron chi connectivity index (χ4n) is 1.47. The number of para-hydroxylation sites is 1. The minimum atomic E-state index is -5.40. The van der Waals surface area contributed by atoms with Crippen LogP contribution in [0.4, 0.5) is 13.2 Å². The fraction of sp³-hybridized carbons (Fsp3) is 0.182. The molecule has 7 heteroatoms. The maximum absolute atomic E-state index is 12.4. The zero-order valence-electron chi connectivity index (χ0n) is 8.73. The van der Waals surface area contributed by atoms with Crippen LogP contribution in [0.2, 0.25) is 0 Å². The van der Waals surface area contributed by atoms with Gasteiger partial charge in [0.05, 0.1) is 5.39 Å². The maximum Gasteiger partial charge on any atom is 0.448 e. The van der Waals surface area contributed by atoms with E-state index in [4.69, 9.17) is 14.6 Å². The number of alkyl halides is 3. The molecule has 18 heavy (non-hydrogen) atoms. The maximum atomic E-state index is 12.4. The van der Waals surface area contributed by atoms with E-state index in [9.17, 15) is 18.0 Å². The van der Waals surface area contributed by atoms with Gasteiger partial charge in [-0.3, -0.25) is 4.79 Å². The molecule has 2 aromatic rings. The molecular formula is C11H7F3O4. The summed E-state index contributed by atoms with van der Waals surface area (Å²) in [6, 6.07) is 5.56. The van der Waals surface area contributed by atoms with Crippen molar-refractivity contribution < 1.29 is 27.8 Å².